The summed E-state index contributed by atoms with van der Waals surface area (Å²) in [6.45, 7) is 2.78. The summed E-state index contributed by atoms with van der Waals surface area (Å²) in [4.78, 5) is 31.7. The third kappa shape index (κ3) is 2.89. The van der Waals surface area contributed by atoms with Crippen molar-refractivity contribution in [3.63, 3.8) is 0 Å². The highest BCUT2D eigenvalue weighted by Gasteiger charge is 2.28. The van der Waals surface area contributed by atoms with Gasteiger partial charge in [0.05, 0.1) is 12.8 Å². The number of methoxy groups -OCH3 is 1. The molecule has 2 aromatic heterocycles. The average molecular weight is 366 g/mol. The Morgan fingerprint density at radius 2 is 1.96 bits per heavy atom. The van der Waals surface area contributed by atoms with Crippen LogP contribution in [0.15, 0.2) is 41.5 Å². The summed E-state index contributed by atoms with van der Waals surface area (Å²) in [5.74, 6) is 0.636. The summed E-state index contributed by atoms with van der Waals surface area (Å²) in [6, 6.07) is 7.70. The number of aromatic nitrogens is 3. The van der Waals surface area contributed by atoms with Crippen LogP contribution in [-0.4, -0.2) is 44.5 Å². The van der Waals surface area contributed by atoms with Gasteiger partial charge in [-0.3, -0.25) is 14.0 Å². The molecule has 1 aliphatic heterocycles. The van der Waals surface area contributed by atoms with Gasteiger partial charge in [0.25, 0.3) is 11.5 Å². The van der Waals surface area contributed by atoms with Crippen LogP contribution in [0.1, 0.15) is 30.3 Å². The van der Waals surface area contributed by atoms with Crippen molar-refractivity contribution in [2.45, 2.75) is 25.8 Å². The summed E-state index contributed by atoms with van der Waals surface area (Å²) >= 11 is 0. The second kappa shape index (κ2) is 6.57. The molecule has 3 aromatic rings. The predicted molar refractivity (Wildman–Crippen MR) is 102 cm³/mol. The number of benzene rings is 1. The molecule has 1 amide bonds. The van der Waals surface area contributed by atoms with E-state index in [1.54, 1.807) is 29.3 Å². The summed E-state index contributed by atoms with van der Waals surface area (Å²) < 4.78 is 8.39. The van der Waals surface area contributed by atoms with Crippen LogP contribution in [0.4, 0.5) is 0 Å². The molecular formula is C20H22N4O3. The fourth-order valence-corrected chi connectivity index (χ4v) is 3.64. The quantitative estimate of drug-likeness (QED) is 0.713. The Morgan fingerprint density at radius 3 is 2.59 bits per heavy atom. The number of hydrogen-bond acceptors (Lipinski definition) is 4. The van der Waals surface area contributed by atoms with Gasteiger partial charge in [0.1, 0.15) is 11.4 Å². The lowest BCUT2D eigenvalue weighted by atomic mass is 10.1. The number of rotatable bonds is 3. The molecule has 1 unspecified atom stereocenters. The number of imidazole rings is 1. The highest BCUT2D eigenvalue weighted by Crippen LogP contribution is 2.22. The summed E-state index contributed by atoms with van der Waals surface area (Å²) in [6.07, 6.45) is 5.49. The van der Waals surface area contributed by atoms with Crippen LogP contribution < -0.4 is 10.3 Å². The zero-order chi connectivity index (χ0) is 19.1. The first-order chi connectivity index (χ1) is 13.0. The van der Waals surface area contributed by atoms with E-state index in [4.69, 9.17) is 4.74 Å². The molecule has 1 atom stereocenters. The van der Waals surface area contributed by atoms with Crippen molar-refractivity contribution in [3.05, 3.63) is 52.7 Å². The largest absolute Gasteiger partial charge is 0.497 e. The predicted octanol–water partition coefficient (Wildman–Crippen LogP) is 2.33. The highest BCUT2D eigenvalue weighted by molar-refractivity contribution is 5.93. The van der Waals surface area contributed by atoms with E-state index in [0.29, 0.717) is 5.69 Å². The van der Waals surface area contributed by atoms with Crippen molar-refractivity contribution in [2.75, 3.05) is 13.7 Å². The first-order valence-electron chi connectivity index (χ1n) is 9.03. The minimum atomic E-state index is -0.239. The van der Waals surface area contributed by atoms with Crippen LogP contribution in [0.25, 0.3) is 16.9 Å². The van der Waals surface area contributed by atoms with Crippen molar-refractivity contribution in [1.82, 2.24) is 18.9 Å². The van der Waals surface area contributed by atoms with Gasteiger partial charge in [-0.25, -0.2) is 4.98 Å². The highest BCUT2D eigenvalue weighted by atomic mass is 16.5. The summed E-state index contributed by atoms with van der Waals surface area (Å²) in [7, 11) is 3.32. The number of carbonyl (C=O) groups excluding carboxylic acids is 1. The summed E-state index contributed by atoms with van der Waals surface area (Å²) in [5, 5.41) is 0. The lowest BCUT2D eigenvalue weighted by Crippen LogP contribution is -2.33. The van der Waals surface area contributed by atoms with Crippen LogP contribution in [-0.2, 0) is 7.05 Å². The van der Waals surface area contributed by atoms with Gasteiger partial charge in [-0.2, -0.15) is 0 Å². The smallest absolute Gasteiger partial charge is 0.294 e. The molecule has 140 valence electrons. The lowest BCUT2D eigenvalue weighted by molar-refractivity contribution is 0.0742. The molecule has 7 heteroatoms. The Kier molecular flexibility index (Phi) is 4.22. The van der Waals surface area contributed by atoms with Crippen molar-refractivity contribution >= 4 is 11.6 Å². The molecule has 1 aromatic carbocycles. The normalized spacial score (nSPS) is 16.9. The van der Waals surface area contributed by atoms with Crippen LogP contribution in [0, 0.1) is 0 Å². The van der Waals surface area contributed by atoms with Crippen molar-refractivity contribution < 1.29 is 9.53 Å². The maximum Gasteiger partial charge on any atom is 0.294 e. The van der Waals surface area contributed by atoms with Gasteiger partial charge in [-0.15, -0.1) is 0 Å². The Labute approximate surface area is 156 Å². The molecule has 3 heterocycles. The van der Waals surface area contributed by atoms with Gasteiger partial charge in [0.2, 0.25) is 5.65 Å². The van der Waals surface area contributed by atoms with Crippen LogP contribution >= 0.6 is 0 Å². The monoisotopic (exact) mass is 366 g/mol. The topological polar surface area (TPSA) is 68.8 Å². The minimum Gasteiger partial charge on any atom is -0.497 e. The third-order valence-electron chi connectivity index (χ3n) is 5.27. The number of ether oxygens (including phenoxy) is 1. The third-order valence-corrected chi connectivity index (χ3v) is 5.27. The Hall–Kier alpha value is -3.09. The average Bonchev–Trinajstić information content (AvgIpc) is 3.30. The maximum absolute atomic E-state index is 12.8. The number of fused-ring (bicyclic) bond motifs is 1. The second-order valence-electron chi connectivity index (χ2n) is 6.95. The molecular weight excluding hydrogens is 344 g/mol. The zero-order valence-electron chi connectivity index (χ0n) is 15.7. The van der Waals surface area contributed by atoms with Gasteiger partial charge in [-0.05, 0) is 44.0 Å². The number of nitrogens with zero attached hydrogens (tertiary/aromatic N) is 4. The van der Waals surface area contributed by atoms with Gasteiger partial charge >= 0.3 is 0 Å². The molecule has 7 nitrogen and oxygen atoms in total. The number of amides is 1. The van der Waals surface area contributed by atoms with E-state index in [0.717, 1.165) is 36.4 Å². The Morgan fingerprint density at radius 1 is 1.22 bits per heavy atom. The van der Waals surface area contributed by atoms with Crippen LogP contribution in [0.2, 0.25) is 0 Å². The molecule has 1 fully saturated rings. The number of likely N-dealkylation sites (tertiary alicyclic amines) is 1. The van der Waals surface area contributed by atoms with E-state index in [2.05, 4.69) is 4.98 Å². The zero-order valence-corrected chi connectivity index (χ0v) is 15.7. The van der Waals surface area contributed by atoms with Crippen LogP contribution in [0.3, 0.4) is 0 Å². The van der Waals surface area contributed by atoms with E-state index in [1.807, 2.05) is 42.3 Å². The maximum atomic E-state index is 12.8. The Balaban J connectivity index is 1.78. The number of hydrogen-bond donors (Lipinski definition) is 0. The number of carbonyl (C=O) groups is 1. The van der Waals surface area contributed by atoms with Crippen LogP contribution in [0.5, 0.6) is 5.75 Å². The van der Waals surface area contributed by atoms with Crippen molar-refractivity contribution in [2.24, 2.45) is 7.05 Å². The van der Waals surface area contributed by atoms with Gasteiger partial charge in [0, 0.05) is 37.6 Å². The first kappa shape index (κ1) is 17.3. The standard InChI is InChI=1S/C20H22N4O3/c1-13-5-4-10-24(13)19(25)16-11-23-12-17(22(2)20(26)18(23)21-16)14-6-8-15(27-3)9-7-14/h6-9,11-13H,4-5,10H2,1-3H3. The summed E-state index contributed by atoms with van der Waals surface area (Å²) in [5.41, 5.74) is 1.95. The lowest BCUT2D eigenvalue weighted by Gasteiger charge is -2.19. The van der Waals surface area contributed by atoms with E-state index in [9.17, 15) is 9.59 Å². The minimum absolute atomic E-state index is 0.114. The fraction of sp³-hybridized carbons (Fsp3) is 0.350. The Bertz CT molecular complexity index is 1070. The molecule has 0 saturated carbocycles. The van der Waals surface area contributed by atoms with E-state index >= 15 is 0 Å². The molecule has 0 aliphatic carbocycles. The molecule has 1 aliphatic rings. The molecule has 1 saturated heterocycles. The second-order valence-corrected chi connectivity index (χ2v) is 6.95. The first-order valence-corrected chi connectivity index (χ1v) is 9.03. The molecule has 4 rings (SSSR count). The van der Waals surface area contributed by atoms with E-state index < -0.39 is 0 Å². The van der Waals surface area contributed by atoms with Gasteiger partial charge in [0.15, 0.2) is 0 Å². The van der Waals surface area contributed by atoms with Gasteiger partial charge in [-0.1, -0.05) is 0 Å². The molecule has 0 N–H and O–H groups in total. The SMILES string of the molecule is COc1ccc(-c2cn3cc(C(=O)N4CCCC4C)nc3c(=O)n2C)cc1. The fourth-order valence-electron chi connectivity index (χ4n) is 3.64. The van der Waals surface area contributed by atoms with E-state index in [1.165, 1.54) is 0 Å². The van der Waals surface area contributed by atoms with Crippen molar-refractivity contribution in [1.29, 1.82) is 0 Å². The molecule has 0 spiro atoms. The van der Waals surface area contributed by atoms with E-state index in [-0.39, 0.29) is 23.2 Å². The molecule has 0 radical (unpaired) electrons. The van der Waals surface area contributed by atoms with Crippen molar-refractivity contribution in [3.8, 4) is 17.0 Å². The molecule has 27 heavy (non-hydrogen) atoms. The molecule has 0 bridgehead atoms. The van der Waals surface area contributed by atoms with Gasteiger partial charge < -0.3 is 14.2 Å².